The maximum absolute atomic E-state index is 11.8. The molecule has 1 aromatic heterocycles. The fourth-order valence-electron chi connectivity index (χ4n) is 0.901. The van der Waals surface area contributed by atoms with E-state index in [1.807, 2.05) is 26.8 Å². The summed E-state index contributed by atoms with van der Waals surface area (Å²) in [6.07, 6.45) is 3.37. The molecule has 88 valence electrons. The molecule has 0 aliphatic carbocycles. The van der Waals surface area contributed by atoms with E-state index in [0.29, 0.717) is 5.70 Å². The first kappa shape index (κ1) is 13.4. The summed E-state index contributed by atoms with van der Waals surface area (Å²) in [6.45, 7) is 9.57. The average Bonchev–Trinajstić information content (AvgIpc) is 2.16. The SMILES string of the molecule is C=C(NS(=O)C(C)(C)C)c1cncc(Br)c1. The van der Waals surface area contributed by atoms with Gasteiger partial charge in [-0.25, -0.2) is 4.21 Å². The summed E-state index contributed by atoms with van der Waals surface area (Å²) in [6, 6.07) is 1.88. The Labute approximate surface area is 107 Å². The second-order valence-electron chi connectivity index (χ2n) is 4.35. The van der Waals surface area contributed by atoms with Gasteiger partial charge in [0, 0.05) is 28.1 Å². The predicted octanol–water partition coefficient (Wildman–Crippen LogP) is 2.87. The lowest BCUT2D eigenvalue weighted by molar-refractivity contribution is 0.645. The maximum atomic E-state index is 11.8. The third kappa shape index (κ3) is 3.72. The first-order chi connectivity index (χ1) is 7.30. The molecule has 0 amide bonds. The van der Waals surface area contributed by atoms with Crippen LogP contribution in [0.25, 0.3) is 5.70 Å². The zero-order chi connectivity index (χ0) is 12.3. The first-order valence-electron chi connectivity index (χ1n) is 4.79. The van der Waals surface area contributed by atoms with Crippen molar-refractivity contribution >= 4 is 32.6 Å². The van der Waals surface area contributed by atoms with Gasteiger partial charge in [-0.1, -0.05) is 6.58 Å². The lowest BCUT2D eigenvalue weighted by Crippen LogP contribution is -2.32. The van der Waals surface area contributed by atoms with E-state index >= 15 is 0 Å². The average molecular weight is 303 g/mol. The molecule has 1 heterocycles. The van der Waals surface area contributed by atoms with Gasteiger partial charge in [0.1, 0.15) is 11.0 Å². The van der Waals surface area contributed by atoms with Crippen LogP contribution in [-0.4, -0.2) is 13.9 Å². The van der Waals surface area contributed by atoms with Crippen LogP contribution in [0, 0.1) is 0 Å². The molecule has 0 spiro atoms. The first-order valence-corrected chi connectivity index (χ1v) is 6.73. The fourth-order valence-corrected chi connectivity index (χ4v) is 1.91. The summed E-state index contributed by atoms with van der Waals surface area (Å²) >= 11 is 3.33. The second-order valence-corrected chi connectivity index (χ2v) is 7.24. The van der Waals surface area contributed by atoms with Gasteiger partial charge in [0.25, 0.3) is 0 Å². The third-order valence-electron chi connectivity index (χ3n) is 1.83. The molecule has 0 bridgehead atoms. The van der Waals surface area contributed by atoms with Gasteiger partial charge in [0.2, 0.25) is 0 Å². The number of nitrogens with one attached hydrogen (secondary N) is 1. The Bertz CT molecular complexity index is 426. The number of halogens is 1. The summed E-state index contributed by atoms with van der Waals surface area (Å²) in [5.74, 6) is 0. The van der Waals surface area contributed by atoms with E-state index < -0.39 is 11.0 Å². The molecular weight excluding hydrogens is 288 g/mol. The number of rotatable bonds is 3. The summed E-state index contributed by atoms with van der Waals surface area (Å²) in [5, 5.41) is 0. The molecular formula is C11H15BrN2OS. The van der Waals surface area contributed by atoms with Gasteiger partial charge in [-0.15, -0.1) is 0 Å². The van der Waals surface area contributed by atoms with Crippen molar-refractivity contribution in [3.05, 3.63) is 35.1 Å². The van der Waals surface area contributed by atoms with Crippen LogP contribution in [-0.2, 0) is 11.0 Å². The number of nitrogens with zero attached hydrogens (tertiary/aromatic N) is 1. The Morgan fingerprint density at radius 2 is 2.12 bits per heavy atom. The molecule has 1 unspecified atom stereocenters. The minimum Gasteiger partial charge on any atom is -0.305 e. The molecule has 5 heteroatoms. The van der Waals surface area contributed by atoms with Crippen LogP contribution in [0.3, 0.4) is 0 Å². The zero-order valence-corrected chi connectivity index (χ0v) is 12.0. The van der Waals surface area contributed by atoms with Gasteiger partial charge in [0.05, 0.1) is 4.75 Å². The number of pyridine rings is 1. The van der Waals surface area contributed by atoms with Gasteiger partial charge < -0.3 is 4.72 Å². The Balaban J connectivity index is 2.78. The molecule has 0 aromatic carbocycles. The highest BCUT2D eigenvalue weighted by Gasteiger charge is 2.20. The highest BCUT2D eigenvalue weighted by molar-refractivity contribution is 9.10. The molecule has 16 heavy (non-hydrogen) atoms. The Hall–Kier alpha value is -0.680. The van der Waals surface area contributed by atoms with Crippen molar-refractivity contribution in [2.45, 2.75) is 25.5 Å². The molecule has 3 nitrogen and oxygen atoms in total. The van der Waals surface area contributed by atoms with E-state index in [1.165, 1.54) is 0 Å². The zero-order valence-electron chi connectivity index (χ0n) is 9.58. The molecule has 1 aromatic rings. The van der Waals surface area contributed by atoms with Gasteiger partial charge in [-0.2, -0.15) is 0 Å². The summed E-state index contributed by atoms with van der Waals surface area (Å²) in [5.41, 5.74) is 1.44. The minimum absolute atomic E-state index is 0.317. The molecule has 1 atom stereocenters. The fraction of sp³-hybridized carbons (Fsp3) is 0.364. The van der Waals surface area contributed by atoms with Crippen LogP contribution < -0.4 is 4.72 Å². The van der Waals surface area contributed by atoms with Crippen LogP contribution in [0.5, 0.6) is 0 Å². The molecule has 0 saturated carbocycles. The van der Waals surface area contributed by atoms with Crippen molar-refractivity contribution in [3.63, 3.8) is 0 Å². The van der Waals surface area contributed by atoms with Crippen molar-refractivity contribution in [1.29, 1.82) is 0 Å². The van der Waals surface area contributed by atoms with Crippen molar-refractivity contribution in [2.75, 3.05) is 0 Å². The molecule has 1 N–H and O–H groups in total. The van der Waals surface area contributed by atoms with E-state index in [4.69, 9.17) is 0 Å². The van der Waals surface area contributed by atoms with E-state index in [1.54, 1.807) is 12.4 Å². The lowest BCUT2D eigenvalue weighted by atomic mass is 10.2. The van der Waals surface area contributed by atoms with Crippen molar-refractivity contribution in [1.82, 2.24) is 9.71 Å². The molecule has 0 saturated heterocycles. The molecule has 0 radical (unpaired) electrons. The van der Waals surface area contributed by atoms with Crippen LogP contribution in [0.15, 0.2) is 29.5 Å². The minimum atomic E-state index is -1.17. The summed E-state index contributed by atoms with van der Waals surface area (Å²) in [4.78, 5) is 4.03. The van der Waals surface area contributed by atoms with E-state index in [9.17, 15) is 4.21 Å². The number of hydrogen-bond acceptors (Lipinski definition) is 2. The van der Waals surface area contributed by atoms with Crippen molar-refractivity contribution in [2.24, 2.45) is 0 Å². The van der Waals surface area contributed by atoms with Gasteiger partial charge in [0.15, 0.2) is 0 Å². The van der Waals surface area contributed by atoms with Crippen molar-refractivity contribution < 1.29 is 4.21 Å². The Kier molecular flexibility index (Phi) is 4.27. The number of aromatic nitrogens is 1. The standard InChI is InChI=1S/C11H15BrN2OS/c1-8(14-16(15)11(2,3)4)9-5-10(12)7-13-6-9/h5-7,14H,1H2,2-4H3. The highest BCUT2D eigenvalue weighted by atomic mass is 79.9. The van der Waals surface area contributed by atoms with Crippen LogP contribution >= 0.6 is 15.9 Å². The quantitative estimate of drug-likeness (QED) is 0.933. The highest BCUT2D eigenvalue weighted by Crippen LogP contribution is 2.17. The van der Waals surface area contributed by atoms with Crippen LogP contribution in [0.1, 0.15) is 26.3 Å². The third-order valence-corrected chi connectivity index (χ3v) is 3.80. The predicted molar refractivity (Wildman–Crippen MR) is 72.0 cm³/mol. The smallest absolute Gasteiger partial charge is 0.122 e. The van der Waals surface area contributed by atoms with Gasteiger partial charge in [-0.3, -0.25) is 4.98 Å². The molecule has 1 rings (SSSR count). The van der Waals surface area contributed by atoms with E-state index in [2.05, 4.69) is 32.2 Å². The molecule has 0 fully saturated rings. The molecule has 0 aliphatic heterocycles. The van der Waals surface area contributed by atoms with Gasteiger partial charge in [-0.05, 0) is 42.8 Å². The monoisotopic (exact) mass is 302 g/mol. The largest absolute Gasteiger partial charge is 0.305 e. The number of hydrogen-bond donors (Lipinski definition) is 1. The second kappa shape index (κ2) is 5.10. The van der Waals surface area contributed by atoms with E-state index in [-0.39, 0.29) is 4.75 Å². The molecule has 0 aliphatic rings. The topological polar surface area (TPSA) is 42.0 Å². The van der Waals surface area contributed by atoms with Crippen molar-refractivity contribution in [3.8, 4) is 0 Å². The lowest BCUT2D eigenvalue weighted by Gasteiger charge is -2.19. The summed E-state index contributed by atoms with van der Waals surface area (Å²) in [7, 11) is -1.17. The maximum Gasteiger partial charge on any atom is 0.122 e. The summed E-state index contributed by atoms with van der Waals surface area (Å²) < 4.78 is 15.3. The van der Waals surface area contributed by atoms with Crippen LogP contribution in [0.4, 0.5) is 0 Å². The van der Waals surface area contributed by atoms with Crippen LogP contribution in [0.2, 0.25) is 0 Å². The Morgan fingerprint density at radius 1 is 1.50 bits per heavy atom. The normalized spacial score (nSPS) is 13.2. The van der Waals surface area contributed by atoms with E-state index in [0.717, 1.165) is 10.0 Å². The van der Waals surface area contributed by atoms with Gasteiger partial charge >= 0.3 is 0 Å². The Morgan fingerprint density at radius 3 is 2.62 bits per heavy atom.